The monoisotopic (exact) mass is 390 g/mol. The Morgan fingerprint density at radius 1 is 1.15 bits per heavy atom. The lowest BCUT2D eigenvalue weighted by Gasteiger charge is -2.08. The summed E-state index contributed by atoms with van der Waals surface area (Å²) in [5, 5.41) is 17.7. The van der Waals surface area contributed by atoms with E-state index in [2.05, 4.69) is 10.4 Å². The fraction of sp³-hybridized carbons (Fsp3) is 0.111. The fourth-order valence-electron chi connectivity index (χ4n) is 2.58. The average molecular weight is 391 g/mol. The summed E-state index contributed by atoms with van der Waals surface area (Å²) in [6.07, 6.45) is 0. The van der Waals surface area contributed by atoms with Crippen LogP contribution in [0.2, 0.25) is 0 Å². The van der Waals surface area contributed by atoms with Crippen LogP contribution in [0.3, 0.4) is 0 Å². The number of rotatable bonds is 4. The number of nitrogens with zero attached hydrogens (tertiary/aromatic N) is 3. The number of carbonyl (C=O) groups excluding carboxylic acids is 1. The summed E-state index contributed by atoms with van der Waals surface area (Å²) in [6.45, 7) is 3.83. The van der Waals surface area contributed by atoms with E-state index in [1.807, 2.05) is 19.9 Å². The van der Waals surface area contributed by atoms with Gasteiger partial charge in [0, 0.05) is 23.0 Å². The van der Waals surface area contributed by atoms with Crippen LogP contribution in [0.1, 0.15) is 21.7 Å². The lowest BCUT2D eigenvalue weighted by Crippen LogP contribution is -2.12. The Morgan fingerprint density at radius 2 is 1.81 bits per heavy atom. The van der Waals surface area contributed by atoms with Gasteiger partial charge < -0.3 is 5.32 Å². The van der Waals surface area contributed by atoms with Crippen molar-refractivity contribution in [3.8, 4) is 5.69 Å². The topological polar surface area (TPSA) is 90.1 Å². The SMILES string of the molecule is Cc1cc(C)n(-c2ccc(C(=O)Nc3ccc(F)c([N+](=O)[O-])c3)cc2)n1.Cl. The molecule has 0 aliphatic carbocycles. The molecule has 1 N–H and O–H groups in total. The number of hydrogen-bond donors (Lipinski definition) is 1. The van der Waals surface area contributed by atoms with Crippen LogP contribution in [-0.4, -0.2) is 20.6 Å². The lowest BCUT2D eigenvalue weighted by molar-refractivity contribution is -0.387. The van der Waals surface area contributed by atoms with Crippen LogP contribution in [0, 0.1) is 29.8 Å². The molecule has 2 aromatic carbocycles. The summed E-state index contributed by atoms with van der Waals surface area (Å²) in [5.41, 5.74) is 2.49. The van der Waals surface area contributed by atoms with Crippen molar-refractivity contribution in [3.05, 3.63) is 81.4 Å². The maximum Gasteiger partial charge on any atom is 0.306 e. The Hall–Kier alpha value is -3.26. The zero-order valence-electron chi connectivity index (χ0n) is 14.5. The van der Waals surface area contributed by atoms with Crippen molar-refractivity contribution < 1.29 is 14.1 Å². The van der Waals surface area contributed by atoms with Crippen LogP contribution in [0.15, 0.2) is 48.5 Å². The summed E-state index contributed by atoms with van der Waals surface area (Å²) in [4.78, 5) is 22.2. The first-order chi connectivity index (χ1) is 12.3. The minimum atomic E-state index is -0.956. The normalized spacial score (nSPS) is 10.2. The number of nitrogens with one attached hydrogen (secondary N) is 1. The molecular formula is C18H16ClFN4O3. The number of nitro groups is 1. The molecule has 0 fully saturated rings. The second kappa shape index (κ2) is 7.96. The minimum Gasteiger partial charge on any atom is -0.322 e. The molecule has 3 rings (SSSR count). The fourth-order valence-corrected chi connectivity index (χ4v) is 2.58. The molecule has 0 aliphatic rings. The Labute approximate surface area is 160 Å². The molecule has 1 aromatic heterocycles. The molecule has 0 aliphatic heterocycles. The van der Waals surface area contributed by atoms with Gasteiger partial charge in [0.15, 0.2) is 0 Å². The third kappa shape index (κ3) is 4.29. The van der Waals surface area contributed by atoms with Crippen LogP contribution in [0.25, 0.3) is 5.69 Å². The van der Waals surface area contributed by atoms with Gasteiger partial charge in [0.1, 0.15) is 0 Å². The van der Waals surface area contributed by atoms with Crippen molar-refractivity contribution >= 4 is 29.7 Å². The van der Waals surface area contributed by atoms with Crippen LogP contribution in [0.5, 0.6) is 0 Å². The van der Waals surface area contributed by atoms with Gasteiger partial charge in [-0.2, -0.15) is 9.49 Å². The Kier molecular flexibility index (Phi) is 5.91. The molecule has 0 unspecified atom stereocenters. The predicted octanol–water partition coefficient (Wildman–Crippen LogP) is 4.21. The zero-order chi connectivity index (χ0) is 18.8. The second-order valence-electron chi connectivity index (χ2n) is 5.76. The van der Waals surface area contributed by atoms with Crippen LogP contribution < -0.4 is 5.32 Å². The number of carbonyl (C=O) groups is 1. The maximum absolute atomic E-state index is 13.4. The van der Waals surface area contributed by atoms with E-state index in [1.165, 1.54) is 6.07 Å². The highest BCUT2D eigenvalue weighted by Crippen LogP contribution is 2.22. The largest absolute Gasteiger partial charge is 0.322 e. The van der Waals surface area contributed by atoms with E-state index in [4.69, 9.17) is 0 Å². The number of anilines is 1. The Balaban J connectivity index is 0.00000261. The van der Waals surface area contributed by atoms with Crippen LogP contribution in [-0.2, 0) is 0 Å². The summed E-state index contributed by atoms with van der Waals surface area (Å²) >= 11 is 0. The third-order valence-corrected chi connectivity index (χ3v) is 3.78. The van der Waals surface area contributed by atoms with Crippen LogP contribution in [0.4, 0.5) is 15.8 Å². The highest BCUT2D eigenvalue weighted by molar-refractivity contribution is 6.04. The minimum absolute atomic E-state index is 0. The van der Waals surface area contributed by atoms with Gasteiger partial charge in [0.2, 0.25) is 5.82 Å². The first kappa shape index (κ1) is 20.1. The number of nitro benzene ring substituents is 1. The summed E-state index contributed by atoms with van der Waals surface area (Å²) in [7, 11) is 0. The maximum atomic E-state index is 13.4. The van der Waals surface area contributed by atoms with Gasteiger partial charge in [-0.05, 0) is 56.3 Å². The molecule has 7 nitrogen and oxygen atoms in total. The third-order valence-electron chi connectivity index (χ3n) is 3.78. The number of halogens is 2. The standard InChI is InChI=1S/C18H15FN4O3.ClH/c1-11-9-12(2)22(21-11)15-6-3-13(4-7-15)18(24)20-14-5-8-16(19)17(10-14)23(25)26;/h3-10H,1-2H3,(H,20,24);1H. The molecule has 1 heterocycles. The lowest BCUT2D eigenvalue weighted by atomic mass is 10.2. The molecular weight excluding hydrogens is 375 g/mol. The summed E-state index contributed by atoms with van der Waals surface area (Å²) in [5.74, 6) is -1.41. The van der Waals surface area contributed by atoms with Crippen molar-refractivity contribution in [2.24, 2.45) is 0 Å². The van der Waals surface area contributed by atoms with E-state index in [9.17, 15) is 19.3 Å². The average Bonchev–Trinajstić information content (AvgIpc) is 2.94. The van der Waals surface area contributed by atoms with Crippen molar-refractivity contribution in [2.45, 2.75) is 13.8 Å². The first-order valence-electron chi connectivity index (χ1n) is 7.74. The molecule has 0 saturated carbocycles. The summed E-state index contributed by atoms with van der Waals surface area (Å²) in [6, 6.07) is 11.9. The van der Waals surface area contributed by atoms with Gasteiger partial charge in [-0.25, -0.2) is 4.68 Å². The van der Waals surface area contributed by atoms with Gasteiger partial charge in [-0.1, -0.05) is 0 Å². The Bertz CT molecular complexity index is 1000. The van der Waals surface area contributed by atoms with Crippen molar-refractivity contribution in [3.63, 3.8) is 0 Å². The van der Waals surface area contributed by atoms with E-state index >= 15 is 0 Å². The summed E-state index contributed by atoms with van der Waals surface area (Å²) < 4.78 is 15.1. The molecule has 1 amide bonds. The van der Waals surface area contributed by atoms with Gasteiger partial charge in [-0.15, -0.1) is 12.4 Å². The number of amides is 1. The van der Waals surface area contributed by atoms with E-state index in [0.717, 1.165) is 29.2 Å². The zero-order valence-corrected chi connectivity index (χ0v) is 15.3. The van der Waals surface area contributed by atoms with Crippen LogP contribution >= 0.6 is 12.4 Å². The highest BCUT2D eigenvalue weighted by atomic mass is 35.5. The quantitative estimate of drug-likeness (QED) is 0.533. The molecule has 140 valence electrons. The second-order valence-corrected chi connectivity index (χ2v) is 5.76. The van der Waals surface area contributed by atoms with Gasteiger partial charge >= 0.3 is 5.69 Å². The van der Waals surface area contributed by atoms with Crippen molar-refractivity contribution in [1.29, 1.82) is 0 Å². The predicted molar refractivity (Wildman–Crippen MR) is 101 cm³/mol. The highest BCUT2D eigenvalue weighted by Gasteiger charge is 2.16. The van der Waals surface area contributed by atoms with Gasteiger partial charge in [0.05, 0.1) is 16.3 Å². The van der Waals surface area contributed by atoms with E-state index in [0.29, 0.717) is 5.56 Å². The molecule has 0 atom stereocenters. The van der Waals surface area contributed by atoms with Gasteiger partial charge in [0.25, 0.3) is 5.91 Å². The molecule has 0 saturated heterocycles. The molecule has 0 bridgehead atoms. The van der Waals surface area contributed by atoms with Crippen molar-refractivity contribution in [1.82, 2.24) is 9.78 Å². The molecule has 27 heavy (non-hydrogen) atoms. The number of aryl methyl sites for hydroxylation is 2. The molecule has 9 heteroatoms. The smallest absolute Gasteiger partial charge is 0.306 e. The first-order valence-corrected chi connectivity index (χ1v) is 7.74. The molecule has 0 radical (unpaired) electrons. The van der Waals surface area contributed by atoms with E-state index < -0.39 is 22.3 Å². The van der Waals surface area contributed by atoms with E-state index in [-0.39, 0.29) is 18.1 Å². The molecule has 3 aromatic rings. The number of benzene rings is 2. The van der Waals surface area contributed by atoms with Gasteiger partial charge in [-0.3, -0.25) is 14.9 Å². The molecule has 0 spiro atoms. The van der Waals surface area contributed by atoms with E-state index in [1.54, 1.807) is 28.9 Å². The number of aromatic nitrogens is 2. The van der Waals surface area contributed by atoms with Crippen molar-refractivity contribution in [2.75, 3.05) is 5.32 Å². The number of hydrogen-bond acceptors (Lipinski definition) is 4. The Morgan fingerprint density at radius 3 is 2.37 bits per heavy atom.